The lowest BCUT2D eigenvalue weighted by Gasteiger charge is -2.57. The first-order valence-corrected chi connectivity index (χ1v) is 17.3. The zero-order valence-corrected chi connectivity index (χ0v) is 27.7. The van der Waals surface area contributed by atoms with E-state index in [1.54, 1.807) is 0 Å². The number of amides is 1. The van der Waals surface area contributed by atoms with Gasteiger partial charge < -0.3 is 14.5 Å². The van der Waals surface area contributed by atoms with E-state index in [0.717, 1.165) is 53.7 Å². The number of hydrogen-bond acceptors (Lipinski definition) is 5. The highest BCUT2D eigenvalue weighted by molar-refractivity contribution is 6.31. The number of halogens is 1. The van der Waals surface area contributed by atoms with Crippen molar-refractivity contribution >= 4 is 34.8 Å². The topological polar surface area (TPSA) is 75.9 Å². The van der Waals surface area contributed by atoms with Gasteiger partial charge in [-0.15, -0.1) is 0 Å². The maximum atomic E-state index is 15.3. The lowest BCUT2D eigenvalue weighted by atomic mass is 9.53. The molecule has 1 amide bonds. The summed E-state index contributed by atoms with van der Waals surface area (Å²) in [7, 11) is 0. The molecule has 8 heteroatoms. The largest absolute Gasteiger partial charge is 0.454 e. The van der Waals surface area contributed by atoms with Crippen LogP contribution < -0.4 is 5.32 Å². The second-order valence-corrected chi connectivity index (χ2v) is 15.1. The van der Waals surface area contributed by atoms with Crippen LogP contribution in [0.4, 0.5) is 5.69 Å². The Bertz CT molecular complexity index is 2070. The van der Waals surface area contributed by atoms with E-state index in [9.17, 15) is 4.79 Å². The SMILES string of the molecule is CC1(C)CCC2(CC1)N1[C@H](c3ccccc3)[C@H](c3ccccc3)OC(=O)[C@H]1[C@H](c1cnc3ccccn13)[C@@]21C(=O)Nc2cc(Cl)ccc21. The molecule has 1 saturated carbocycles. The monoisotopic (exact) mass is 656 g/mol. The van der Waals surface area contributed by atoms with Crippen LogP contribution in [0.5, 0.6) is 0 Å². The van der Waals surface area contributed by atoms with E-state index < -0.39 is 29.0 Å². The Hall–Kier alpha value is -4.46. The molecule has 1 aliphatic carbocycles. The van der Waals surface area contributed by atoms with Crippen LogP contribution in [0.2, 0.25) is 5.02 Å². The number of hydrogen-bond donors (Lipinski definition) is 1. The number of aromatic nitrogens is 2. The van der Waals surface area contributed by atoms with Gasteiger partial charge in [-0.1, -0.05) is 98.2 Å². The molecule has 3 fully saturated rings. The Kier molecular flexibility index (Phi) is 6.50. The van der Waals surface area contributed by atoms with Crippen molar-refractivity contribution in [2.24, 2.45) is 5.41 Å². The molecule has 4 aliphatic rings. The van der Waals surface area contributed by atoms with Crippen molar-refractivity contribution in [3.63, 3.8) is 0 Å². The predicted octanol–water partition coefficient (Wildman–Crippen LogP) is 8.02. The number of nitrogens with one attached hydrogen (secondary N) is 1. The molecule has 5 heterocycles. The first kappa shape index (κ1) is 29.7. The third-order valence-corrected chi connectivity index (χ3v) is 12.1. The van der Waals surface area contributed by atoms with E-state index in [1.165, 1.54) is 0 Å². The van der Waals surface area contributed by atoms with Crippen LogP contribution in [0.25, 0.3) is 5.65 Å². The molecule has 0 radical (unpaired) electrons. The summed E-state index contributed by atoms with van der Waals surface area (Å²) in [6.45, 7) is 4.63. The van der Waals surface area contributed by atoms with E-state index in [2.05, 4.69) is 36.2 Å². The summed E-state index contributed by atoms with van der Waals surface area (Å²) in [6.07, 6.45) is 6.55. The van der Waals surface area contributed by atoms with Crippen molar-refractivity contribution in [1.29, 1.82) is 0 Å². The molecule has 0 unspecified atom stereocenters. The van der Waals surface area contributed by atoms with Crippen molar-refractivity contribution in [3.8, 4) is 0 Å². The number of fused-ring (bicyclic) bond motifs is 6. The van der Waals surface area contributed by atoms with Gasteiger partial charge >= 0.3 is 5.97 Å². The van der Waals surface area contributed by atoms with Crippen LogP contribution in [0.15, 0.2) is 109 Å². The lowest BCUT2D eigenvalue weighted by molar-refractivity contribution is -0.184. The number of cyclic esters (lactones) is 1. The molecular weight excluding hydrogens is 620 g/mol. The standard InChI is InChI=1S/C40H37ClN4O3/c1-38(2)18-20-39(21-19-38)40(28-17-16-27(41)23-29(28)43-37(40)47)32(30-24-42-31-15-9-10-22-44(30)31)34-36(46)48-35(26-13-7-4-8-14-26)33(45(34)39)25-11-5-3-6-12-25/h3-17,22-24,32-35H,18-21H2,1-2H3,(H,43,47)/t32-,33+,34+,35-,40-/m0/s1. The number of rotatable bonds is 3. The summed E-state index contributed by atoms with van der Waals surface area (Å²) in [5, 5.41) is 3.85. The Morgan fingerprint density at radius 3 is 2.25 bits per heavy atom. The van der Waals surface area contributed by atoms with Gasteiger partial charge in [-0.3, -0.25) is 14.5 Å². The molecule has 7 nitrogen and oxygen atoms in total. The zero-order valence-electron chi connectivity index (χ0n) is 27.0. The molecule has 2 aromatic heterocycles. The van der Waals surface area contributed by atoms with Gasteiger partial charge in [0.05, 0.1) is 6.04 Å². The van der Waals surface area contributed by atoms with Crippen molar-refractivity contribution < 1.29 is 14.3 Å². The summed E-state index contributed by atoms with van der Waals surface area (Å²) in [4.78, 5) is 37.6. The number of carbonyl (C=O) groups excluding carboxylic acids is 2. The highest BCUT2D eigenvalue weighted by atomic mass is 35.5. The van der Waals surface area contributed by atoms with Crippen molar-refractivity contribution in [2.75, 3.05) is 5.32 Å². The van der Waals surface area contributed by atoms with E-state index in [1.807, 2.05) is 102 Å². The molecule has 0 bridgehead atoms. The van der Waals surface area contributed by atoms with E-state index in [-0.39, 0.29) is 23.3 Å². The van der Waals surface area contributed by atoms with Crippen molar-refractivity contribution in [2.45, 2.75) is 74.6 Å². The predicted molar refractivity (Wildman–Crippen MR) is 185 cm³/mol. The van der Waals surface area contributed by atoms with Gasteiger partial charge in [0.15, 0.2) is 0 Å². The summed E-state index contributed by atoms with van der Waals surface area (Å²) in [5.41, 5.74) is 3.36. The van der Waals surface area contributed by atoms with Gasteiger partial charge in [0, 0.05) is 40.3 Å². The Morgan fingerprint density at radius 1 is 0.833 bits per heavy atom. The third-order valence-electron chi connectivity index (χ3n) is 11.9. The summed E-state index contributed by atoms with van der Waals surface area (Å²) in [6, 6.07) is 31.0. The minimum Gasteiger partial charge on any atom is -0.454 e. The van der Waals surface area contributed by atoms with Gasteiger partial charge in [-0.25, -0.2) is 4.98 Å². The van der Waals surface area contributed by atoms with Crippen LogP contribution >= 0.6 is 11.6 Å². The molecule has 3 aromatic carbocycles. The summed E-state index contributed by atoms with van der Waals surface area (Å²) in [5.74, 6) is -1.02. The Morgan fingerprint density at radius 2 is 1.52 bits per heavy atom. The molecule has 48 heavy (non-hydrogen) atoms. The Labute approximate surface area is 284 Å². The molecule has 242 valence electrons. The van der Waals surface area contributed by atoms with Crippen LogP contribution in [-0.2, 0) is 19.7 Å². The maximum Gasteiger partial charge on any atom is 0.324 e. The van der Waals surface area contributed by atoms with E-state index in [4.69, 9.17) is 21.3 Å². The normalized spacial score (nSPS) is 28.7. The van der Waals surface area contributed by atoms with Gasteiger partial charge in [0.25, 0.3) is 0 Å². The van der Waals surface area contributed by atoms with Crippen LogP contribution in [0.3, 0.4) is 0 Å². The number of esters is 1. The number of carbonyl (C=O) groups is 2. The number of morpholine rings is 1. The second-order valence-electron chi connectivity index (χ2n) is 14.7. The first-order valence-electron chi connectivity index (χ1n) is 16.9. The van der Waals surface area contributed by atoms with Crippen molar-refractivity contribution in [1.82, 2.24) is 14.3 Å². The van der Waals surface area contributed by atoms with Gasteiger partial charge in [0.1, 0.15) is 23.2 Å². The fourth-order valence-corrected chi connectivity index (χ4v) is 9.94. The second kappa shape index (κ2) is 10.5. The molecule has 9 rings (SSSR count). The maximum absolute atomic E-state index is 15.3. The summed E-state index contributed by atoms with van der Waals surface area (Å²) < 4.78 is 8.70. The smallest absolute Gasteiger partial charge is 0.324 e. The van der Waals surface area contributed by atoms with Crippen LogP contribution in [0, 0.1) is 5.41 Å². The van der Waals surface area contributed by atoms with E-state index in [0.29, 0.717) is 10.7 Å². The third kappa shape index (κ3) is 3.95. The number of benzene rings is 3. The quantitative estimate of drug-likeness (QED) is 0.199. The molecule has 2 spiro atoms. The molecule has 5 atom stereocenters. The fourth-order valence-electron chi connectivity index (χ4n) is 9.77. The molecule has 3 aliphatic heterocycles. The van der Waals surface area contributed by atoms with E-state index >= 15 is 4.79 Å². The molecule has 2 saturated heterocycles. The fraction of sp³-hybridized carbons (Fsp3) is 0.325. The molecule has 1 N–H and O–H groups in total. The zero-order chi connectivity index (χ0) is 32.8. The average molecular weight is 657 g/mol. The average Bonchev–Trinajstić information content (AvgIpc) is 3.72. The molecule has 5 aromatic rings. The number of ether oxygens (including phenoxy) is 1. The summed E-state index contributed by atoms with van der Waals surface area (Å²) >= 11 is 6.58. The minimum atomic E-state index is -1.14. The van der Waals surface area contributed by atoms with Crippen LogP contribution in [-0.4, -0.2) is 37.7 Å². The number of imidazole rings is 1. The number of nitrogens with zero attached hydrogens (tertiary/aromatic N) is 3. The van der Waals surface area contributed by atoms with Gasteiger partial charge in [-0.05, 0) is 72.1 Å². The van der Waals surface area contributed by atoms with Gasteiger partial charge in [0.2, 0.25) is 5.91 Å². The number of pyridine rings is 1. The molecular formula is C40H37ClN4O3. The highest BCUT2D eigenvalue weighted by Crippen LogP contribution is 2.70. The number of anilines is 1. The minimum absolute atomic E-state index is 0.0820. The van der Waals surface area contributed by atoms with Crippen LogP contribution in [0.1, 0.15) is 80.0 Å². The van der Waals surface area contributed by atoms with Crippen molar-refractivity contribution in [3.05, 3.63) is 137 Å². The first-order chi connectivity index (χ1) is 23.2. The lowest BCUT2D eigenvalue weighted by Crippen LogP contribution is -2.64. The highest BCUT2D eigenvalue weighted by Gasteiger charge is 2.79. The Balaban J connectivity index is 1.40. The van der Waals surface area contributed by atoms with Gasteiger partial charge in [-0.2, -0.15) is 0 Å².